The van der Waals surface area contributed by atoms with Crippen LogP contribution in [-0.4, -0.2) is 76.7 Å². The Kier molecular flexibility index (Phi) is 8.78. The summed E-state index contributed by atoms with van der Waals surface area (Å²) in [7, 11) is 1.71. The average Bonchev–Trinajstić information content (AvgIpc) is 2.97. The fraction of sp³-hybridized carbons (Fsp3) is 0.400. The van der Waals surface area contributed by atoms with Crippen LogP contribution in [0.4, 0.5) is 0 Å². The third kappa shape index (κ3) is 6.17. The molecule has 2 saturated heterocycles. The summed E-state index contributed by atoms with van der Waals surface area (Å²) in [4.78, 5) is 60.1. The molecule has 2 aliphatic heterocycles. The van der Waals surface area contributed by atoms with Gasteiger partial charge in [-0.2, -0.15) is 0 Å². The lowest BCUT2D eigenvalue weighted by molar-refractivity contribution is -0.141. The lowest BCUT2D eigenvalue weighted by Crippen LogP contribution is -2.54. The van der Waals surface area contributed by atoms with Crippen molar-refractivity contribution in [3.8, 4) is 0 Å². The number of amides is 3. The molecule has 0 unspecified atom stereocenters. The standard InChI is InChI=1S/C30H31BrCl2N4O4/c1-17(38)36-10-7-18(8-11-36)29(40)37-12-9-27(23(16-37)19-3-5-24(32)25(33)15-19)35(2)30(41)22-14-20-13-21(31)4-6-26(20)34-28(22)39/h3-6,13-15,18,23,27H,7-12,16H2,1-2H3,(H,34,39)/t23-,27+/m0/s1. The van der Waals surface area contributed by atoms with Crippen LogP contribution in [0.5, 0.6) is 0 Å². The van der Waals surface area contributed by atoms with Gasteiger partial charge in [-0.25, -0.2) is 0 Å². The second-order valence-electron chi connectivity index (χ2n) is 10.9. The first kappa shape index (κ1) is 29.6. The number of H-pyrrole nitrogens is 1. The number of carbonyl (C=O) groups excluding carboxylic acids is 3. The van der Waals surface area contributed by atoms with Gasteiger partial charge in [-0.3, -0.25) is 19.2 Å². The van der Waals surface area contributed by atoms with Crippen molar-refractivity contribution in [3.05, 3.63) is 78.5 Å². The molecule has 41 heavy (non-hydrogen) atoms. The number of nitrogens with zero attached hydrogens (tertiary/aromatic N) is 3. The van der Waals surface area contributed by atoms with Crippen LogP contribution in [-0.2, 0) is 9.59 Å². The molecule has 5 rings (SSSR count). The van der Waals surface area contributed by atoms with Gasteiger partial charge in [0.2, 0.25) is 11.8 Å². The van der Waals surface area contributed by atoms with Crippen LogP contribution in [0.15, 0.2) is 51.7 Å². The first-order valence-electron chi connectivity index (χ1n) is 13.6. The van der Waals surface area contributed by atoms with Crippen LogP contribution in [0.1, 0.15) is 48.0 Å². The number of likely N-dealkylation sites (tertiary alicyclic amines) is 2. The molecule has 3 amide bonds. The van der Waals surface area contributed by atoms with Gasteiger partial charge in [0.1, 0.15) is 5.56 Å². The van der Waals surface area contributed by atoms with E-state index in [4.69, 9.17) is 23.2 Å². The second kappa shape index (κ2) is 12.2. The second-order valence-corrected chi connectivity index (χ2v) is 12.6. The summed E-state index contributed by atoms with van der Waals surface area (Å²) in [5.74, 6) is -0.683. The van der Waals surface area contributed by atoms with Crippen LogP contribution >= 0.6 is 39.1 Å². The van der Waals surface area contributed by atoms with Gasteiger partial charge in [0.15, 0.2) is 0 Å². The minimum Gasteiger partial charge on any atom is -0.343 e. The molecule has 2 aromatic carbocycles. The number of benzene rings is 2. The smallest absolute Gasteiger partial charge is 0.261 e. The van der Waals surface area contributed by atoms with Gasteiger partial charge in [0.05, 0.1) is 10.0 Å². The van der Waals surface area contributed by atoms with Crippen LogP contribution in [0.3, 0.4) is 0 Å². The molecule has 3 aromatic rings. The highest BCUT2D eigenvalue weighted by molar-refractivity contribution is 9.10. The van der Waals surface area contributed by atoms with E-state index in [2.05, 4.69) is 20.9 Å². The molecule has 2 atom stereocenters. The van der Waals surface area contributed by atoms with Crippen molar-refractivity contribution in [1.82, 2.24) is 19.7 Å². The van der Waals surface area contributed by atoms with Gasteiger partial charge in [-0.05, 0) is 61.2 Å². The van der Waals surface area contributed by atoms with Crippen molar-refractivity contribution in [2.45, 2.75) is 38.1 Å². The van der Waals surface area contributed by atoms with Crippen molar-refractivity contribution in [3.63, 3.8) is 0 Å². The molecule has 1 N–H and O–H groups in total. The summed E-state index contributed by atoms with van der Waals surface area (Å²) in [5.41, 5.74) is 1.12. The van der Waals surface area contributed by atoms with Crippen molar-refractivity contribution >= 4 is 67.8 Å². The fourth-order valence-electron chi connectivity index (χ4n) is 6.05. The summed E-state index contributed by atoms with van der Waals surface area (Å²) in [5, 5.41) is 1.56. The number of aromatic nitrogens is 1. The van der Waals surface area contributed by atoms with Crippen LogP contribution in [0, 0.1) is 5.92 Å². The van der Waals surface area contributed by atoms with E-state index in [9.17, 15) is 19.2 Å². The zero-order valence-corrected chi connectivity index (χ0v) is 25.9. The van der Waals surface area contributed by atoms with E-state index < -0.39 is 5.56 Å². The normalized spacial score (nSPS) is 19.8. The third-order valence-corrected chi connectivity index (χ3v) is 9.64. The zero-order chi connectivity index (χ0) is 29.4. The molecule has 2 fully saturated rings. The van der Waals surface area contributed by atoms with Crippen LogP contribution in [0.2, 0.25) is 10.0 Å². The van der Waals surface area contributed by atoms with E-state index in [1.807, 2.05) is 23.1 Å². The van der Waals surface area contributed by atoms with E-state index >= 15 is 0 Å². The summed E-state index contributed by atoms with van der Waals surface area (Å²) in [6.07, 6.45) is 1.80. The molecule has 0 bridgehead atoms. The van der Waals surface area contributed by atoms with E-state index in [1.54, 1.807) is 48.0 Å². The predicted octanol–water partition coefficient (Wildman–Crippen LogP) is 5.31. The Morgan fingerprint density at radius 1 is 0.951 bits per heavy atom. The molecule has 8 nitrogen and oxygen atoms in total. The van der Waals surface area contributed by atoms with Crippen molar-refractivity contribution in [1.29, 1.82) is 0 Å². The van der Waals surface area contributed by atoms with E-state index in [-0.39, 0.29) is 41.2 Å². The van der Waals surface area contributed by atoms with Gasteiger partial charge in [-0.1, -0.05) is 45.2 Å². The highest BCUT2D eigenvalue weighted by atomic mass is 79.9. The molecule has 11 heteroatoms. The molecule has 3 heterocycles. The largest absolute Gasteiger partial charge is 0.343 e. The third-order valence-electron chi connectivity index (χ3n) is 8.40. The van der Waals surface area contributed by atoms with Crippen molar-refractivity contribution in [2.75, 3.05) is 33.2 Å². The maximum atomic E-state index is 13.8. The predicted molar refractivity (Wildman–Crippen MR) is 164 cm³/mol. The minimum absolute atomic E-state index is 0.0296. The molecule has 0 saturated carbocycles. The average molecular weight is 662 g/mol. The first-order chi connectivity index (χ1) is 19.5. The SMILES string of the molecule is CC(=O)N1CCC(C(=O)N2CC[C@@H](N(C)C(=O)c3cc4cc(Br)ccc4[nH]c3=O)[C@H](c3ccc(Cl)c(Cl)c3)C2)CC1. The number of halogens is 3. The Hall–Kier alpha value is -2.88. The molecule has 0 spiro atoms. The number of rotatable bonds is 4. The molecular weight excluding hydrogens is 631 g/mol. The highest BCUT2D eigenvalue weighted by Crippen LogP contribution is 2.35. The Morgan fingerprint density at radius 3 is 2.34 bits per heavy atom. The Morgan fingerprint density at radius 2 is 1.66 bits per heavy atom. The quantitative estimate of drug-likeness (QED) is 0.410. The number of pyridine rings is 1. The van der Waals surface area contributed by atoms with Crippen molar-refractivity contribution in [2.24, 2.45) is 5.92 Å². The van der Waals surface area contributed by atoms with Gasteiger partial charge in [-0.15, -0.1) is 0 Å². The number of carbonyl (C=O) groups is 3. The number of aromatic amines is 1. The maximum absolute atomic E-state index is 13.8. The Bertz CT molecular complexity index is 1570. The van der Waals surface area contributed by atoms with Crippen LogP contribution in [0.25, 0.3) is 10.9 Å². The topological polar surface area (TPSA) is 93.8 Å². The number of hydrogen-bond donors (Lipinski definition) is 1. The van der Waals surface area contributed by atoms with Gasteiger partial charge in [0, 0.05) is 73.4 Å². The molecular formula is C30H31BrCl2N4O4. The number of nitrogens with one attached hydrogen (secondary N) is 1. The van der Waals surface area contributed by atoms with Gasteiger partial charge in [0.25, 0.3) is 11.5 Å². The lowest BCUT2D eigenvalue weighted by atomic mass is 9.83. The highest BCUT2D eigenvalue weighted by Gasteiger charge is 2.39. The fourth-order valence-corrected chi connectivity index (χ4v) is 6.74. The number of piperidine rings is 2. The first-order valence-corrected chi connectivity index (χ1v) is 15.2. The van der Waals surface area contributed by atoms with E-state index in [0.717, 1.165) is 15.4 Å². The van der Waals surface area contributed by atoms with Crippen LogP contribution < -0.4 is 5.56 Å². The molecule has 1 aromatic heterocycles. The Labute approximate surface area is 256 Å². The summed E-state index contributed by atoms with van der Waals surface area (Å²) in [6.45, 7) is 3.58. The number of fused-ring (bicyclic) bond motifs is 1. The molecule has 216 valence electrons. The Balaban J connectivity index is 1.41. The van der Waals surface area contributed by atoms with Gasteiger partial charge >= 0.3 is 0 Å². The minimum atomic E-state index is -0.452. The van der Waals surface area contributed by atoms with E-state index in [1.165, 1.54) is 0 Å². The molecule has 2 aliphatic rings. The molecule has 0 radical (unpaired) electrons. The zero-order valence-electron chi connectivity index (χ0n) is 22.8. The number of likely N-dealkylation sites (N-methyl/N-ethyl adjacent to an activating group) is 1. The monoisotopic (exact) mass is 660 g/mol. The lowest BCUT2D eigenvalue weighted by Gasteiger charge is -2.44. The summed E-state index contributed by atoms with van der Waals surface area (Å²) in [6, 6.07) is 12.2. The van der Waals surface area contributed by atoms with Crippen molar-refractivity contribution < 1.29 is 14.4 Å². The summed E-state index contributed by atoms with van der Waals surface area (Å²) < 4.78 is 0.840. The van der Waals surface area contributed by atoms with E-state index in [0.29, 0.717) is 61.0 Å². The summed E-state index contributed by atoms with van der Waals surface area (Å²) >= 11 is 16.0. The number of hydrogen-bond acceptors (Lipinski definition) is 4. The molecule has 0 aliphatic carbocycles. The maximum Gasteiger partial charge on any atom is 0.261 e. The van der Waals surface area contributed by atoms with Gasteiger partial charge < -0.3 is 19.7 Å².